The van der Waals surface area contributed by atoms with Gasteiger partial charge in [0, 0.05) is 23.2 Å². The van der Waals surface area contributed by atoms with Crippen LogP contribution in [-0.4, -0.2) is 11.5 Å². The standard InChI is InChI=1S/C16H20N2S/c1-2-3-6-11-18-15-10-9-14(16(17)19)12-7-4-5-8-13(12)15/h4-5,7-10,18H,2-3,6,11H2,1H3,(H2,17,19). The van der Waals surface area contributed by atoms with Crippen molar-refractivity contribution in [1.29, 1.82) is 0 Å². The topological polar surface area (TPSA) is 38.0 Å². The zero-order chi connectivity index (χ0) is 13.7. The van der Waals surface area contributed by atoms with Crippen LogP contribution in [-0.2, 0) is 0 Å². The van der Waals surface area contributed by atoms with E-state index in [0.717, 1.165) is 23.2 Å². The van der Waals surface area contributed by atoms with Crippen LogP contribution in [0.4, 0.5) is 5.69 Å². The van der Waals surface area contributed by atoms with Gasteiger partial charge in [0.05, 0.1) is 0 Å². The first-order chi connectivity index (χ1) is 9.24. The van der Waals surface area contributed by atoms with Crippen molar-refractivity contribution in [3.8, 4) is 0 Å². The van der Waals surface area contributed by atoms with E-state index in [1.54, 1.807) is 0 Å². The van der Waals surface area contributed by atoms with Gasteiger partial charge in [-0.15, -0.1) is 0 Å². The van der Waals surface area contributed by atoms with E-state index < -0.39 is 0 Å². The van der Waals surface area contributed by atoms with E-state index >= 15 is 0 Å². The number of hydrogen-bond donors (Lipinski definition) is 2. The van der Waals surface area contributed by atoms with Crippen LogP contribution in [0.2, 0.25) is 0 Å². The average Bonchev–Trinajstić information content (AvgIpc) is 2.43. The number of anilines is 1. The Morgan fingerprint density at radius 3 is 2.53 bits per heavy atom. The maximum Gasteiger partial charge on any atom is 0.104 e. The van der Waals surface area contributed by atoms with Crippen LogP contribution in [0, 0.1) is 0 Å². The number of hydrogen-bond acceptors (Lipinski definition) is 2. The van der Waals surface area contributed by atoms with Gasteiger partial charge in [-0.05, 0) is 23.9 Å². The fourth-order valence-electron chi connectivity index (χ4n) is 2.27. The minimum absolute atomic E-state index is 0.453. The van der Waals surface area contributed by atoms with E-state index in [-0.39, 0.29) is 0 Å². The highest BCUT2D eigenvalue weighted by atomic mass is 32.1. The van der Waals surface area contributed by atoms with Gasteiger partial charge in [-0.1, -0.05) is 56.2 Å². The second kappa shape index (κ2) is 6.53. The predicted molar refractivity (Wildman–Crippen MR) is 87.9 cm³/mol. The Hall–Kier alpha value is -1.61. The van der Waals surface area contributed by atoms with E-state index in [9.17, 15) is 0 Å². The Morgan fingerprint density at radius 2 is 1.84 bits per heavy atom. The summed E-state index contributed by atoms with van der Waals surface area (Å²) >= 11 is 5.11. The van der Waals surface area contributed by atoms with Gasteiger partial charge in [0.25, 0.3) is 0 Å². The number of rotatable bonds is 6. The molecule has 0 aromatic heterocycles. The van der Waals surface area contributed by atoms with Crippen molar-refractivity contribution in [2.45, 2.75) is 26.2 Å². The first kappa shape index (κ1) is 13.8. The molecule has 2 aromatic carbocycles. The third-order valence-electron chi connectivity index (χ3n) is 3.29. The van der Waals surface area contributed by atoms with E-state index in [1.165, 1.54) is 24.6 Å². The molecule has 2 nitrogen and oxygen atoms in total. The highest BCUT2D eigenvalue weighted by Crippen LogP contribution is 2.26. The third-order valence-corrected chi connectivity index (χ3v) is 3.51. The van der Waals surface area contributed by atoms with Crippen LogP contribution in [0.3, 0.4) is 0 Å². The fourth-order valence-corrected chi connectivity index (χ4v) is 2.44. The molecule has 0 radical (unpaired) electrons. The van der Waals surface area contributed by atoms with E-state index in [1.807, 2.05) is 18.2 Å². The van der Waals surface area contributed by atoms with Gasteiger partial charge in [-0.2, -0.15) is 0 Å². The van der Waals surface area contributed by atoms with Gasteiger partial charge >= 0.3 is 0 Å². The van der Waals surface area contributed by atoms with Crippen LogP contribution < -0.4 is 11.1 Å². The van der Waals surface area contributed by atoms with Crippen LogP contribution in [0.1, 0.15) is 31.7 Å². The summed E-state index contributed by atoms with van der Waals surface area (Å²) in [5.74, 6) is 0. The molecule has 0 unspecified atom stereocenters. The first-order valence-electron chi connectivity index (χ1n) is 6.79. The molecular formula is C16H20N2S. The number of nitrogens with two attached hydrogens (primary N) is 1. The molecule has 0 aliphatic rings. The summed E-state index contributed by atoms with van der Waals surface area (Å²) in [5, 5.41) is 5.81. The van der Waals surface area contributed by atoms with Crippen LogP contribution >= 0.6 is 12.2 Å². The average molecular weight is 272 g/mol. The summed E-state index contributed by atoms with van der Waals surface area (Å²) in [4.78, 5) is 0.453. The minimum Gasteiger partial charge on any atom is -0.389 e. The van der Waals surface area contributed by atoms with Gasteiger partial charge in [0.15, 0.2) is 0 Å². The molecule has 0 amide bonds. The molecule has 3 N–H and O–H groups in total. The molecule has 0 aliphatic carbocycles. The molecular weight excluding hydrogens is 252 g/mol. The Morgan fingerprint density at radius 1 is 1.11 bits per heavy atom. The van der Waals surface area contributed by atoms with Crippen LogP contribution in [0.25, 0.3) is 10.8 Å². The van der Waals surface area contributed by atoms with Gasteiger partial charge in [-0.3, -0.25) is 0 Å². The summed E-state index contributed by atoms with van der Waals surface area (Å²) in [6.07, 6.45) is 3.70. The van der Waals surface area contributed by atoms with Gasteiger partial charge < -0.3 is 11.1 Å². The lowest BCUT2D eigenvalue weighted by atomic mass is 10.0. The normalized spacial score (nSPS) is 10.6. The Kier molecular flexibility index (Phi) is 4.74. The molecule has 2 aromatic rings. The van der Waals surface area contributed by atoms with Crippen molar-refractivity contribution in [3.63, 3.8) is 0 Å². The third kappa shape index (κ3) is 3.24. The molecule has 2 rings (SSSR count). The largest absolute Gasteiger partial charge is 0.389 e. The molecule has 0 spiro atoms. The second-order valence-corrected chi connectivity index (χ2v) is 5.14. The van der Waals surface area contributed by atoms with Crippen molar-refractivity contribution < 1.29 is 0 Å². The summed E-state index contributed by atoms with van der Waals surface area (Å²) < 4.78 is 0. The lowest BCUT2D eigenvalue weighted by molar-refractivity contribution is 0.744. The molecule has 100 valence electrons. The Labute approximate surface area is 120 Å². The van der Waals surface area contributed by atoms with Crippen molar-refractivity contribution in [1.82, 2.24) is 0 Å². The van der Waals surface area contributed by atoms with E-state index in [4.69, 9.17) is 18.0 Å². The molecule has 0 bridgehead atoms. The molecule has 19 heavy (non-hydrogen) atoms. The first-order valence-corrected chi connectivity index (χ1v) is 7.20. The van der Waals surface area contributed by atoms with Gasteiger partial charge in [-0.25, -0.2) is 0 Å². The molecule has 0 heterocycles. The molecule has 0 saturated carbocycles. The molecule has 0 fully saturated rings. The molecule has 0 aliphatic heterocycles. The maximum absolute atomic E-state index is 5.78. The number of benzene rings is 2. The maximum atomic E-state index is 5.78. The molecule has 3 heteroatoms. The quantitative estimate of drug-likeness (QED) is 0.615. The zero-order valence-electron chi connectivity index (χ0n) is 11.3. The second-order valence-electron chi connectivity index (χ2n) is 4.70. The van der Waals surface area contributed by atoms with E-state index in [0.29, 0.717) is 4.99 Å². The summed E-state index contributed by atoms with van der Waals surface area (Å²) in [5.41, 5.74) is 7.89. The Bertz CT molecular complexity index is 578. The molecule has 0 saturated heterocycles. The monoisotopic (exact) mass is 272 g/mol. The van der Waals surface area contributed by atoms with Crippen molar-refractivity contribution in [3.05, 3.63) is 42.0 Å². The summed E-state index contributed by atoms with van der Waals surface area (Å²) in [6.45, 7) is 3.22. The number of fused-ring (bicyclic) bond motifs is 1. The minimum atomic E-state index is 0.453. The van der Waals surface area contributed by atoms with Gasteiger partial charge in [0.1, 0.15) is 4.99 Å². The summed E-state index contributed by atoms with van der Waals surface area (Å²) in [7, 11) is 0. The lowest BCUT2D eigenvalue weighted by Gasteiger charge is -2.12. The summed E-state index contributed by atoms with van der Waals surface area (Å²) in [6, 6.07) is 12.3. The fraction of sp³-hybridized carbons (Fsp3) is 0.312. The smallest absolute Gasteiger partial charge is 0.104 e. The van der Waals surface area contributed by atoms with Crippen molar-refractivity contribution in [2.24, 2.45) is 5.73 Å². The highest BCUT2D eigenvalue weighted by Gasteiger charge is 2.06. The predicted octanol–water partition coefficient (Wildman–Crippen LogP) is 4.08. The lowest BCUT2D eigenvalue weighted by Crippen LogP contribution is -2.10. The van der Waals surface area contributed by atoms with Crippen molar-refractivity contribution >= 4 is 33.7 Å². The number of unbranched alkanes of at least 4 members (excludes halogenated alkanes) is 2. The Balaban J connectivity index is 2.30. The van der Waals surface area contributed by atoms with Crippen LogP contribution in [0.5, 0.6) is 0 Å². The van der Waals surface area contributed by atoms with E-state index in [2.05, 4.69) is 30.4 Å². The number of thiocarbonyl (C=S) groups is 1. The van der Waals surface area contributed by atoms with Crippen molar-refractivity contribution in [2.75, 3.05) is 11.9 Å². The zero-order valence-corrected chi connectivity index (χ0v) is 12.1. The number of nitrogens with one attached hydrogen (secondary N) is 1. The van der Waals surface area contributed by atoms with Gasteiger partial charge in [0.2, 0.25) is 0 Å². The van der Waals surface area contributed by atoms with Crippen LogP contribution in [0.15, 0.2) is 36.4 Å². The highest BCUT2D eigenvalue weighted by molar-refractivity contribution is 7.80. The molecule has 0 atom stereocenters. The SMILES string of the molecule is CCCCCNc1ccc(C(N)=S)c2ccccc12.